The van der Waals surface area contributed by atoms with Crippen LogP contribution in [0.1, 0.15) is 119 Å². The Morgan fingerprint density at radius 1 is 0.548 bits per heavy atom. The molecule has 0 aliphatic heterocycles. The highest BCUT2D eigenvalue weighted by atomic mass is 28.4. The molecule has 2 aliphatic carbocycles. The maximum atomic E-state index is 6.34. The SMILES string of the molecule is CCC1CC(C)CC(CC)C1N=C(CCCO[Si](C)(C)C)C(CCCO[Si](C)(C)C)=NC1C(CC)CC(C)CC1CC. The predicted octanol–water partition coefficient (Wildman–Crippen LogP) is 10.8. The fourth-order valence-corrected chi connectivity index (χ4v) is 9.32. The Morgan fingerprint density at radius 2 is 0.833 bits per heavy atom. The van der Waals surface area contributed by atoms with E-state index in [1.807, 2.05) is 0 Å². The first kappa shape index (κ1) is 37.9. The highest BCUT2D eigenvalue weighted by Crippen LogP contribution is 2.41. The van der Waals surface area contributed by atoms with E-state index in [2.05, 4.69) is 80.8 Å². The first-order valence-corrected chi connectivity index (χ1v) is 24.9. The summed E-state index contributed by atoms with van der Waals surface area (Å²) in [6.45, 7) is 30.0. The molecule has 0 aromatic heterocycles. The Bertz CT molecular complexity index is 735. The van der Waals surface area contributed by atoms with Gasteiger partial charge >= 0.3 is 0 Å². The van der Waals surface area contributed by atoms with Gasteiger partial charge in [-0.2, -0.15) is 0 Å². The van der Waals surface area contributed by atoms with E-state index in [9.17, 15) is 0 Å². The molecule has 4 atom stereocenters. The second-order valence-corrected chi connectivity index (χ2v) is 25.1. The van der Waals surface area contributed by atoms with Crippen molar-refractivity contribution in [3.8, 4) is 0 Å². The molecule has 0 N–H and O–H groups in total. The first-order valence-electron chi connectivity index (χ1n) is 18.1. The van der Waals surface area contributed by atoms with Crippen LogP contribution in [-0.4, -0.2) is 53.4 Å². The summed E-state index contributed by atoms with van der Waals surface area (Å²) in [7, 11) is -3.07. The minimum Gasteiger partial charge on any atom is -0.418 e. The van der Waals surface area contributed by atoms with Crippen molar-refractivity contribution in [1.82, 2.24) is 0 Å². The molecule has 0 heterocycles. The van der Waals surface area contributed by atoms with Crippen molar-refractivity contribution in [2.45, 2.75) is 170 Å². The lowest BCUT2D eigenvalue weighted by Crippen LogP contribution is -2.38. The average molecular weight is 621 g/mol. The lowest BCUT2D eigenvalue weighted by Gasteiger charge is -2.40. The van der Waals surface area contributed by atoms with Gasteiger partial charge in [0, 0.05) is 13.2 Å². The van der Waals surface area contributed by atoms with Gasteiger partial charge in [-0.15, -0.1) is 0 Å². The summed E-state index contributed by atoms with van der Waals surface area (Å²) in [5.74, 6) is 4.37. The molecule has 2 saturated carbocycles. The van der Waals surface area contributed by atoms with Crippen LogP contribution in [0.4, 0.5) is 0 Å². The zero-order chi connectivity index (χ0) is 31.5. The minimum atomic E-state index is -1.54. The standard InChI is InChI=1S/C36H72N2O2Si2/c1-13-29-23-27(5)24-30(14-2)35(29)37-33(19-17-21-39-41(7,8)9)34(20-18-22-40-42(10,11)12)38-36-31(15-3)25-28(6)26-32(36)16-4/h27-32,35-36H,13-26H2,1-12H3. The molecule has 2 rings (SSSR count). The summed E-state index contributed by atoms with van der Waals surface area (Å²) in [6, 6.07) is 0.866. The number of aliphatic imine (C=N–C) groups is 2. The van der Waals surface area contributed by atoms with Crippen LogP contribution >= 0.6 is 0 Å². The highest BCUT2D eigenvalue weighted by Gasteiger charge is 2.37. The second kappa shape index (κ2) is 18.0. The number of hydrogen-bond donors (Lipinski definition) is 0. The molecule has 6 heteroatoms. The van der Waals surface area contributed by atoms with E-state index in [-0.39, 0.29) is 0 Å². The van der Waals surface area contributed by atoms with Gasteiger partial charge < -0.3 is 8.85 Å². The van der Waals surface area contributed by atoms with Crippen LogP contribution in [0.15, 0.2) is 9.98 Å². The molecule has 2 aliphatic rings. The van der Waals surface area contributed by atoms with Gasteiger partial charge in [0.05, 0.1) is 23.5 Å². The molecule has 4 unspecified atom stereocenters. The van der Waals surface area contributed by atoms with Crippen LogP contribution in [0.5, 0.6) is 0 Å². The zero-order valence-corrected chi connectivity index (χ0v) is 32.2. The van der Waals surface area contributed by atoms with Crippen molar-refractivity contribution in [2.24, 2.45) is 45.5 Å². The van der Waals surface area contributed by atoms with E-state index in [0.29, 0.717) is 35.8 Å². The molecular weight excluding hydrogens is 549 g/mol. The van der Waals surface area contributed by atoms with Crippen LogP contribution in [0.2, 0.25) is 39.3 Å². The smallest absolute Gasteiger partial charge is 0.183 e. The van der Waals surface area contributed by atoms with E-state index in [1.54, 1.807) is 0 Å². The number of hydrogen-bond acceptors (Lipinski definition) is 4. The monoisotopic (exact) mass is 621 g/mol. The van der Waals surface area contributed by atoms with Gasteiger partial charge in [0.25, 0.3) is 0 Å². The zero-order valence-electron chi connectivity index (χ0n) is 30.2. The summed E-state index contributed by atoms with van der Waals surface area (Å²) in [5, 5.41) is 0. The Morgan fingerprint density at radius 3 is 1.07 bits per heavy atom. The van der Waals surface area contributed by atoms with E-state index in [4.69, 9.17) is 18.8 Å². The predicted molar refractivity (Wildman–Crippen MR) is 191 cm³/mol. The summed E-state index contributed by atoms with van der Waals surface area (Å²) >= 11 is 0. The largest absolute Gasteiger partial charge is 0.418 e. The molecule has 0 amide bonds. The third kappa shape index (κ3) is 13.0. The molecule has 0 bridgehead atoms. The van der Waals surface area contributed by atoms with Crippen molar-refractivity contribution in [1.29, 1.82) is 0 Å². The third-order valence-corrected chi connectivity index (χ3v) is 12.1. The summed E-state index contributed by atoms with van der Waals surface area (Å²) < 4.78 is 12.7. The second-order valence-electron chi connectivity index (χ2n) is 16.1. The van der Waals surface area contributed by atoms with E-state index < -0.39 is 16.6 Å². The van der Waals surface area contributed by atoms with E-state index in [0.717, 1.165) is 50.7 Å². The Hall–Kier alpha value is -0.306. The van der Waals surface area contributed by atoms with Crippen molar-refractivity contribution in [3.05, 3.63) is 0 Å². The molecule has 42 heavy (non-hydrogen) atoms. The summed E-state index contributed by atoms with van der Waals surface area (Å²) in [5.41, 5.74) is 2.64. The number of nitrogens with zero attached hydrogens (tertiary/aromatic N) is 2. The van der Waals surface area contributed by atoms with Crippen LogP contribution in [0.25, 0.3) is 0 Å². The van der Waals surface area contributed by atoms with E-state index >= 15 is 0 Å². The molecule has 2 fully saturated rings. The van der Waals surface area contributed by atoms with Gasteiger partial charge in [-0.1, -0.05) is 67.2 Å². The molecule has 0 radical (unpaired) electrons. The number of rotatable bonds is 17. The Labute approximate surface area is 265 Å². The van der Waals surface area contributed by atoms with Crippen LogP contribution in [-0.2, 0) is 8.85 Å². The lowest BCUT2D eigenvalue weighted by atomic mass is 9.70. The molecule has 0 aromatic rings. The molecular formula is C36H72N2O2Si2. The van der Waals surface area contributed by atoms with Crippen molar-refractivity contribution in [3.63, 3.8) is 0 Å². The van der Waals surface area contributed by atoms with Crippen LogP contribution in [0, 0.1) is 35.5 Å². The average Bonchev–Trinajstić information content (AvgIpc) is 2.91. The van der Waals surface area contributed by atoms with Gasteiger partial charge in [0.15, 0.2) is 16.6 Å². The first-order chi connectivity index (χ1) is 19.7. The summed E-state index contributed by atoms with van der Waals surface area (Å²) in [6.07, 6.45) is 14.3. The normalized spacial score (nSPS) is 31.9. The van der Waals surface area contributed by atoms with Crippen molar-refractivity contribution < 1.29 is 8.85 Å². The quantitative estimate of drug-likeness (QED) is 0.0922. The third-order valence-electron chi connectivity index (χ3n) is 9.98. The van der Waals surface area contributed by atoms with Crippen LogP contribution in [0.3, 0.4) is 0 Å². The highest BCUT2D eigenvalue weighted by molar-refractivity contribution is 6.70. The maximum Gasteiger partial charge on any atom is 0.183 e. The van der Waals surface area contributed by atoms with Crippen LogP contribution < -0.4 is 0 Å². The van der Waals surface area contributed by atoms with E-state index in [1.165, 1.54) is 62.8 Å². The Balaban J connectivity index is 2.53. The molecule has 0 spiro atoms. The van der Waals surface area contributed by atoms with Gasteiger partial charge in [0.1, 0.15) is 0 Å². The van der Waals surface area contributed by atoms with Gasteiger partial charge in [-0.25, -0.2) is 0 Å². The van der Waals surface area contributed by atoms with Gasteiger partial charge in [-0.05, 0) is 126 Å². The molecule has 0 saturated heterocycles. The summed E-state index contributed by atoms with van der Waals surface area (Å²) in [4.78, 5) is 11.7. The fraction of sp³-hybridized carbons (Fsp3) is 0.944. The van der Waals surface area contributed by atoms with Crippen molar-refractivity contribution in [2.75, 3.05) is 13.2 Å². The maximum absolute atomic E-state index is 6.34. The molecule has 0 aromatic carbocycles. The fourth-order valence-electron chi connectivity index (χ4n) is 7.80. The van der Waals surface area contributed by atoms with Gasteiger partial charge in [-0.3, -0.25) is 9.98 Å². The van der Waals surface area contributed by atoms with Gasteiger partial charge in [0.2, 0.25) is 0 Å². The lowest BCUT2D eigenvalue weighted by molar-refractivity contribution is 0.163. The topological polar surface area (TPSA) is 43.2 Å². The molecule has 246 valence electrons. The minimum absolute atomic E-state index is 0.433. The molecule has 4 nitrogen and oxygen atoms in total. The Kier molecular flexibility index (Phi) is 16.2. The van der Waals surface area contributed by atoms with Crippen molar-refractivity contribution >= 4 is 28.1 Å².